The van der Waals surface area contributed by atoms with Gasteiger partial charge in [-0.1, -0.05) is 0 Å². The van der Waals surface area contributed by atoms with E-state index in [1.165, 1.54) is 0 Å². The Morgan fingerprint density at radius 1 is 1.45 bits per heavy atom. The summed E-state index contributed by atoms with van der Waals surface area (Å²) in [5, 5.41) is 0. The van der Waals surface area contributed by atoms with Gasteiger partial charge in [-0.2, -0.15) is 4.98 Å². The molecule has 1 aromatic heterocycles. The van der Waals surface area contributed by atoms with E-state index in [1.807, 2.05) is 13.8 Å². The van der Waals surface area contributed by atoms with Crippen molar-refractivity contribution < 1.29 is 4.74 Å². The number of nitrogens with zero attached hydrogens (tertiary/aromatic N) is 3. The molecule has 1 atom stereocenters. The number of aromatic nitrogens is 2. The lowest BCUT2D eigenvalue weighted by Gasteiger charge is -2.35. The molecule has 2 rings (SSSR count). The molecule has 0 bridgehead atoms. The lowest BCUT2D eigenvalue weighted by molar-refractivity contribution is -0.0463. The molecule has 1 aliphatic heterocycles. The van der Waals surface area contributed by atoms with Gasteiger partial charge >= 0.3 is 5.69 Å². The van der Waals surface area contributed by atoms with Gasteiger partial charge in [-0.15, -0.1) is 0 Å². The van der Waals surface area contributed by atoms with Crippen molar-refractivity contribution in [1.82, 2.24) is 14.5 Å². The summed E-state index contributed by atoms with van der Waals surface area (Å²) in [5.74, 6) is 0. The summed E-state index contributed by atoms with van der Waals surface area (Å²) in [4.78, 5) is 18.5. The molecule has 1 unspecified atom stereocenters. The summed E-state index contributed by atoms with van der Waals surface area (Å²) in [6.07, 6.45) is 0.0407. The molecular formula is C14H22BrN3O2. The Hall–Kier alpha value is -0.720. The molecule has 2 heterocycles. The molecule has 1 saturated heterocycles. The second kappa shape index (κ2) is 6.37. The zero-order valence-electron chi connectivity index (χ0n) is 12.5. The molecule has 0 spiro atoms. The van der Waals surface area contributed by atoms with Crippen LogP contribution in [0.4, 0.5) is 0 Å². The van der Waals surface area contributed by atoms with Gasteiger partial charge in [-0.25, -0.2) is 4.79 Å². The van der Waals surface area contributed by atoms with Gasteiger partial charge in [-0.3, -0.25) is 9.47 Å². The molecule has 112 valence electrons. The number of hydrogen-bond donors (Lipinski definition) is 0. The molecular weight excluding hydrogens is 322 g/mol. The van der Waals surface area contributed by atoms with E-state index in [4.69, 9.17) is 4.74 Å². The van der Waals surface area contributed by atoms with Gasteiger partial charge in [0.05, 0.1) is 29.4 Å². The third kappa shape index (κ3) is 3.30. The van der Waals surface area contributed by atoms with Crippen LogP contribution < -0.4 is 5.69 Å². The Morgan fingerprint density at radius 3 is 2.80 bits per heavy atom. The van der Waals surface area contributed by atoms with E-state index >= 15 is 0 Å². The highest BCUT2D eigenvalue weighted by Gasteiger charge is 2.23. The zero-order valence-corrected chi connectivity index (χ0v) is 14.1. The highest BCUT2D eigenvalue weighted by molar-refractivity contribution is 9.10. The molecule has 1 fully saturated rings. The number of ether oxygens (including phenoxy) is 1. The molecule has 0 saturated carbocycles. The second-order valence-electron chi connectivity index (χ2n) is 5.57. The van der Waals surface area contributed by atoms with Crippen molar-refractivity contribution in [3.8, 4) is 0 Å². The monoisotopic (exact) mass is 343 g/mol. The van der Waals surface area contributed by atoms with E-state index in [0.717, 1.165) is 35.6 Å². The Morgan fingerprint density at radius 2 is 2.15 bits per heavy atom. The smallest absolute Gasteiger partial charge is 0.348 e. The highest BCUT2D eigenvalue weighted by atomic mass is 79.9. The predicted octanol–water partition coefficient (Wildman–Crippen LogP) is 1.73. The van der Waals surface area contributed by atoms with Crippen molar-refractivity contribution in [2.45, 2.75) is 46.4 Å². The van der Waals surface area contributed by atoms with Gasteiger partial charge in [0, 0.05) is 24.8 Å². The normalized spacial score (nSPS) is 20.6. The van der Waals surface area contributed by atoms with Crippen LogP contribution in [0.25, 0.3) is 0 Å². The van der Waals surface area contributed by atoms with E-state index in [9.17, 15) is 4.79 Å². The largest absolute Gasteiger partial charge is 0.374 e. The van der Waals surface area contributed by atoms with E-state index in [2.05, 4.69) is 39.7 Å². The van der Waals surface area contributed by atoms with Crippen molar-refractivity contribution in [3.63, 3.8) is 0 Å². The Bertz CT molecular complexity index is 542. The number of aryl methyl sites for hydroxylation is 1. The van der Waals surface area contributed by atoms with Gasteiger partial charge < -0.3 is 4.74 Å². The standard InChI is InChI=1S/C14H22BrN3O2/c1-9(2)17-5-6-20-12(7-17)8-18-11(4)13(15)10(3)16-14(18)19/h9,12H,5-8H2,1-4H3. The maximum atomic E-state index is 12.1. The summed E-state index contributed by atoms with van der Waals surface area (Å²) in [6.45, 7) is 11.2. The van der Waals surface area contributed by atoms with Crippen LogP contribution in [0, 0.1) is 13.8 Å². The Labute approximate surface area is 128 Å². The Balaban J connectivity index is 2.18. The fourth-order valence-electron chi connectivity index (χ4n) is 2.52. The lowest BCUT2D eigenvalue weighted by Crippen LogP contribution is -2.48. The van der Waals surface area contributed by atoms with Crippen molar-refractivity contribution in [1.29, 1.82) is 0 Å². The van der Waals surface area contributed by atoms with Crippen molar-refractivity contribution >= 4 is 15.9 Å². The van der Waals surface area contributed by atoms with Crippen LogP contribution in [0.2, 0.25) is 0 Å². The average Bonchev–Trinajstić information content (AvgIpc) is 2.41. The first-order valence-corrected chi connectivity index (χ1v) is 7.78. The van der Waals surface area contributed by atoms with E-state index < -0.39 is 0 Å². The minimum Gasteiger partial charge on any atom is -0.374 e. The molecule has 6 heteroatoms. The maximum Gasteiger partial charge on any atom is 0.348 e. The minimum atomic E-state index is -0.200. The summed E-state index contributed by atoms with van der Waals surface area (Å²) >= 11 is 3.49. The molecule has 0 N–H and O–H groups in total. The van der Waals surface area contributed by atoms with Gasteiger partial charge in [0.2, 0.25) is 0 Å². The summed E-state index contributed by atoms with van der Waals surface area (Å²) in [5.41, 5.74) is 1.44. The summed E-state index contributed by atoms with van der Waals surface area (Å²) in [6, 6.07) is 0.502. The number of halogens is 1. The van der Waals surface area contributed by atoms with Crippen molar-refractivity contribution in [2.75, 3.05) is 19.7 Å². The van der Waals surface area contributed by atoms with Gasteiger partial charge in [0.15, 0.2) is 0 Å². The van der Waals surface area contributed by atoms with Crippen LogP contribution >= 0.6 is 15.9 Å². The third-order valence-corrected chi connectivity index (χ3v) is 4.97. The van der Waals surface area contributed by atoms with E-state index in [0.29, 0.717) is 12.6 Å². The molecule has 0 aliphatic carbocycles. The van der Waals surface area contributed by atoms with Crippen molar-refractivity contribution in [3.05, 3.63) is 26.3 Å². The van der Waals surface area contributed by atoms with Crippen LogP contribution in [-0.4, -0.2) is 46.3 Å². The average molecular weight is 344 g/mol. The maximum absolute atomic E-state index is 12.1. The van der Waals surface area contributed by atoms with E-state index in [1.54, 1.807) is 4.57 Å². The minimum absolute atomic E-state index is 0.0407. The predicted molar refractivity (Wildman–Crippen MR) is 82.1 cm³/mol. The van der Waals surface area contributed by atoms with Crippen LogP contribution in [0.5, 0.6) is 0 Å². The fraction of sp³-hybridized carbons (Fsp3) is 0.714. The first kappa shape index (κ1) is 15.7. The Kier molecular flexibility index (Phi) is 4.99. The highest BCUT2D eigenvalue weighted by Crippen LogP contribution is 2.18. The second-order valence-corrected chi connectivity index (χ2v) is 6.36. The van der Waals surface area contributed by atoms with E-state index in [-0.39, 0.29) is 11.8 Å². The topological polar surface area (TPSA) is 47.4 Å². The number of rotatable bonds is 3. The first-order valence-electron chi connectivity index (χ1n) is 6.99. The molecule has 0 amide bonds. The van der Waals surface area contributed by atoms with Gasteiger partial charge in [-0.05, 0) is 43.6 Å². The van der Waals surface area contributed by atoms with Crippen LogP contribution in [-0.2, 0) is 11.3 Å². The van der Waals surface area contributed by atoms with Crippen molar-refractivity contribution in [2.24, 2.45) is 0 Å². The quantitative estimate of drug-likeness (QED) is 0.838. The van der Waals surface area contributed by atoms with Crippen LogP contribution in [0.3, 0.4) is 0 Å². The molecule has 1 aliphatic rings. The molecule has 20 heavy (non-hydrogen) atoms. The molecule has 0 aromatic carbocycles. The molecule has 5 nitrogen and oxygen atoms in total. The van der Waals surface area contributed by atoms with Gasteiger partial charge in [0.25, 0.3) is 0 Å². The first-order chi connectivity index (χ1) is 9.40. The fourth-order valence-corrected chi connectivity index (χ4v) is 2.82. The lowest BCUT2D eigenvalue weighted by atomic mass is 10.2. The zero-order chi connectivity index (χ0) is 14.9. The van der Waals surface area contributed by atoms with Crippen LogP contribution in [0.15, 0.2) is 9.27 Å². The third-order valence-electron chi connectivity index (χ3n) is 3.82. The van der Waals surface area contributed by atoms with Gasteiger partial charge in [0.1, 0.15) is 0 Å². The molecule has 1 aromatic rings. The summed E-state index contributed by atoms with van der Waals surface area (Å²) < 4.78 is 8.39. The number of morpholine rings is 1. The number of hydrogen-bond acceptors (Lipinski definition) is 4. The SMILES string of the molecule is Cc1nc(=O)n(CC2CN(C(C)C)CCO2)c(C)c1Br. The van der Waals surface area contributed by atoms with Crippen LogP contribution in [0.1, 0.15) is 25.2 Å². The summed E-state index contributed by atoms with van der Waals surface area (Å²) in [7, 11) is 0. The molecule has 0 radical (unpaired) electrons.